The van der Waals surface area contributed by atoms with Gasteiger partial charge in [0.1, 0.15) is 0 Å². The number of hydrogen-bond acceptors (Lipinski definition) is 3. The van der Waals surface area contributed by atoms with Crippen LogP contribution >= 0.6 is 11.6 Å². The predicted octanol–water partition coefficient (Wildman–Crippen LogP) is 2.45. The summed E-state index contributed by atoms with van der Waals surface area (Å²) >= 11 is 5.97. The van der Waals surface area contributed by atoms with E-state index in [4.69, 9.17) is 11.6 Å². The maximum Gasteiger partial charge on any atom is 0.321 e. The van der Waals surface area contributed by atoms with Crippen molar-refractivity contribution in [2.75, 3.05) is 5.32 Å². The normalized spacial score (nSPS) is 9.83. The number of anilines is 1. The van der Waals surface area contributed by atoms with Crippen molar-refractivity contribution in [2.24, 2.45) is 0 Å². The van der Waals surface area contributed by atoms with Crippen molar-refractivity contribution in [1.82, 2.24) is 15.3 Å². The summed E-state index contributed by atoms with van der Waals surface area (Å²) in [6, 6.07) is 8.62. The van der Waals surface area contributed by atoms with Crippen molar-refractivity contribution < 1.29 is 4.79 Å². The van der Waals surface area contributed by atoms with Crippen LogP contribution in [0.1, 0.15) is 5.56 Å². The second-order valence-electron chi connectivity index (χ2n) is 3.47. The smallest absolute Gasteiger partial charge is 0.321 e. The molecule has 0 saturated carbocycles. The van der Waals surface area contributed by atoms with E-state index in [1.807, 2.05) is 18.2 Å². The Morgan fingerprint density at radius 3 is 2.61 bits per heavy atom. The number of carbonyl (C=O) groups is 1. The van der Waals surface area contributed by atoms with Gasteiger partial charge >= 0.3 is 6.03 Å². The first-order valence-corrected chi connectivity index (χ1v) is 5.69. The van der Waals surface area contributed by atoms with E-state index in [2.05, 4.69) is 20.6 Å². The summed E-state index contributed by atoms with van der Waals surface area (Å²) < 4.78 is 0. The minimum absolute atomic E-state index is 0.258. The van der Waals surface area contributed by atoms with E-state index in [-0.39, 0.29) is 12.0 Å². The lowest BCUT2D eigenvalue weighted by molar-refractivity contribution is 0.251. The standard InChI is InChI=1S/C12H11ClN4O/c13-10-5-2-1-4-9(10)8-16-12(18)17-11-14-6-3-7-15-11/h1-7H,8H2,(H2,14,15,16,17,18). The predicted molar refractivity (Wildman–Crippen MR) is 69.3 cm³/mol. The molecule has 2 N–H and O–H groups in total. The molecule has 0 aliphatic heterocycles. The molecule has 2 amide bonds. The summed E-state index contributed by atoms with van der Waals surface area (Å²) in [6.07, 6.45) is 3.10. The van der Waals surface area contributed by atoms with Crippen LogP contribution in [-0.2, 0) is 6.54 Å². The number of carbonyl (C=O) groups excluding carboxylic acids is 1. The Labute approximate surface area is 109 Å². The van der Waals surface area contributed by atoms with Crippen molar-refractivity contribution >= 4 is 23.6 Å². The maximum atomic E-state index is 11.6. The van der Waals surface area contributed by atoms with E-state index >= 15 is 0 Å². The van der Waals surface area contributed by atoms with Crippen LogP contribution in [0.5, 0.6) is 0 Å². The zero-order valence-electron chi connectivity index (χ0n) is 9.43. The van der Waals surface area contributed by atoms with Gasteiger partial charge in [-0.2, -0.15) is 0 Å². The highest BCUT2D eigenvalue weighted by atomic mass is 35.5. The molecule has 0 aliphatic rings. The molecule has 5 nitrogen and oxygen atoms in total. The third-order valence-electron chi connectivity index (χ3n) is 2.19. The van der Waals surface area contributed by atoms with Crippen molar-refractivity contribution in [2.45, 2.75) is 6.54 Å². The summed E-state index contributed by atoms with van der Waals surface area (Å²) in [7, 11) is 0. The second kappa shape index (κ2) is 5.97. The summed E-state index contributed by atoms with van der Waals surface area (Å²) in [5.41, 5.74) is 0.850. The Kier molecular flexibility index (Phi) is 4.09. The minimum atomic E-state index is -0.374. The van der Waals surface area contributed by atoms with Gasteiger partial charge in [-0.05, 0) is 17.7 Å². The third-order valence-corrected chi connectivity index (χ3v) is 2.56. The number of nitrogens with one attached hydrogen (secondary N) is 2. The largest absolute Gasteiger partial charge is 0.334 e. The summed E-state index contributed by atoms with van der Waals surface area (Å²) in [6.45, 7) is 0.346. The molecule has 92 valence electrons. The lowest BCUT2D eigenvalue weighted by Gasteiger charge is -2.07. The van der Waals surface area contributed by atoms with E-state index in [1.165, 1.54) is 0 Å². The summed E-state index contributed by atoms with van der Waals surface area (Å²) in [5, 5.41) is 5.81. The zero-order valence-corrected chi connectivity index (χ0v) is 10.2. The fourth-order valence-electron chi connectivity index (χ4n) is 1.33. The first kappa shape index (κ1) is 12.3. The molecule has 1 aromatic heterocycles. The number of halogens is 1. The summed E-state index contributed by atoms with van der Waals surface area (Å²) in [5.74, 6) is 0.258. The molecule has 18 heavy (non-hydrogen) atoms. The Morgan fingerprint density at radius 1 is 1.17 bits per heavy atom. The second-order valence-corrected chi connectivity index (χ2v) is 3.88. The van der Waals surface area contributed by atoms with Crippen molar-refractivity contribution in [3.63, 3.8) is 0 Å². The molecule has 0 fully saturated rings. The van der Waals surface area contributed by atoms with Gasteiger partial charge in [0, 0.05) is 24.0 Å². The molecule has 1 aromatic carbocycles. The van der Waals surface area contributed by atoms with E-state index in [1.54, 1.807) is 24.5 Å². The highest BCUT2D eigenvalue weighted by Crippen LogP contribution is 2.14. The average Bonchev–Trinajstić information content (AvgIpc) is 2.39. The lowest BCUT2D eigenvalue weighted by atomic mass is 10.2. The van der Waals surface area contributed by atoms with Crippen LogP contribution in [0.15, 0.2) is 42.7 Å². The van der Waals surface area contributed by atoms with Crippen LogP contribution in [0, 0.1) is 0 Å². The molecule has 0 bridgehead atoms. The number of amides is 2. The van der Waals surface area contributed by atoms with Gasteiger partial charge in [0.05, 0.1) is 0 Å². The first-order chi connectivity index (χ1) is 8.75. The van der Waals surface area contributed by atoms with E-state index in [0.717, 1.165) is 5.56 Å². The quantitative estimate of drug-likeness (QED) is 0.893. The number of rotatable bonds is 3. The van der Waals surface area contributed by atoms with Gasteiger partial charge in [0.15, 0.2) is 0 Å². The zero-order chi connectivity index (χ0) is 12.8. The average molecular weight is 263 g/mol. The highest BCUT2D eigenvalue weighted by Gasteiger charge is 2.04. The van der Waals surface area contributed by atoms with Gasteiger partial charge < -0.3 is 5.32 Å². The molecule has 0 unspecified atom stereocenters. The van der Waals surface area contributed by atoms with Gasteiger partial charge in [-0.25, -0.2) is 14.8 Å². The van der Waals surface area contributed by atoms with Gasteiger partial charge in [0.2, 0.25) is 5.95 Å². The molecule has 6 heteroatoms. The number of hydrogen-bond donors (Lipinski definition) is 2. The van der Waals surface area contributed by atoms with Crippen LogP contribution in [-0.4, -0.2) is 16.0 Å². The van der Waals surface area contributed by atoms with E-state index < -0.39 is 0 Å². The maximum absolute atomic E-state index is 11.6. The molecule has 0 saturated heterocycles. The molecule has 2 aromatic rings. The van der Waals surface area contributed by atoms with Gasteiger partial charge in [-0.1, -0.05) is 29.8 Å². The number of aromatic nitrogens is 2. The SMILES string of the molecule is O=C(NCc1ccccc1Cl)Nc1ncccn1. The van der Waals surface area contributed by atoms with Crippen LogP contribution in [0.2, 0.25) is 5.02 Å². The molecule has 0 atom stereocenters. The number of urea groups is 1. The van der Waals surface area contributed by atoms with Crippen LogP contribution in [0.4, 0.5) is 10.7 Å². The Morgan fingerprint density at radius 2 is 1.89 bits per heavy atom. The molecule has 0 spiro atoms. The Hall–Kier alpha value is -2.14. The van der Waals surface area contributed by atoms with Crippen LogP contribution in [0.3, 0.4) is 0 Å². The molecule has 2 rings (SSSR count). The lowest BCUT2D eigenvalue weighted by Crippen LogP contribution is -2.29. The Balaban J connectivity index is 1.88. The minimum Gasteiger partial charge on any atom is -0.334 e. The monoisotopic (exact) mass is 262 g/mol. The third kappa shape index (κ3) is 3.43. The topological polar surface area (TPSA) is 66.9 Å². The van der Waals surface area contributed by atoms with Crippen molar-refractivity contribution in [3.05, 3.63) is 53.3 Å². The van der Waals surface area contributed by atoms with Crippen molar-refractivity contribution in [1.29, 1.82) is 0 Å². The molecular formula is C12H11ClN4O. The first-order valence-electron chi connectivity index (χ1n) is 5.31. The highest BCUT2D eigenvalue weighted by molar-refractivity contribution is 6.31. The van der Waals surface area contributed by atoms with Gasteiger partial charge in [-0.15, -0.1) is 0 Å². The summed E-state index contributed by atoms with van der Waals surface area (Å²) in [4.78, 5) is 19.3. The van der Waals surface area contributed by atoms with Crippen LogP contribution in [0.25, 0.3) is 0 Å². The van der Waals surface area contributed by atoms with Crippen molar-refractivity contribution in [3.8, 4) is 0 Å². The van der Waals surface area contributed by atoms with Gasteiger partial charge in [-0.3, -0.25) is 5.32 Å². The fourth-order valence-corrected chi connectivity index (χ4v) is 1.53. The molecule has 0 radical (unpaired) electrons. The number of benzene rings is 1. The molecule has 0 aliphatic carbocycles. The number of nitrogens with zero attached hydrogens (tertiary/aromatic N) is 2. The molecular weight excluding hydrogens is 252 g/mol. The van der Waals surface area contributed by atoms with E-state index in [9.17, 15) is 4.79 Å². The Bertz CT molecular complexity index is 533. The fraction of sp³-hybridized carbons (Fsp3) is 0.0833. The van der Waals surface area contributed by atoms with E-state index in [0.29, 0.717) is 11.6 Å². The van der Waals surface area contributed by atoms with Gasteiger partial charge in [0.25, 0.3) is 0 Å². The molecule has 1 heterocycles. The van der Waals surface area contributed by atoms with Crippen LogP contribution < -0.4 is 10.6 Å².